The highest BCUT2D eigenvalue weighted by atomic mass is 16.4. The van der Waals surface area contributed by atoms with E-state index in [0.29, 0.717) is 30.1 Å². The Bertz CT molecular complexity index is 907. The lowest BCUT2D eigenvalue weighted by Gasteiger charge is -2.71. The number of carboxylic acids is 1. The number of hydrogen-bond donors (Lipinski definition) is 3. The number of rotatable bonds is 1. The van der Waals surface area contributed by atoms with E-state index in [1.165, 1.54) is 5.57 Å². The van der Waals surface area contributed by atoms with Gasteiger partial charge in [-0.1, -0.05) is 60.1 Å². The van der Waals surface area contributed by atoms with Gasteiger partial charge in [0.2, 0.25) is 0 Å². The summed E-state index contributed by atoms with van der Waals surface area (Å²) >= 11 is 0. The topological polar surface area (TPSA) is 77.8 Å². The highest BCUT2D eigenvalue weighted by molar-refractivity contribution is 5.76. The lowest BCUT2D eigenvalue weighted by molar-refractivity contribution is -0.232. The van der Waals surface area contributed by atoms with Gasteiger partial charge in [0.05, 0.1) is 17.6 Å². The third-order valence-corrected chi connectivity index (χ3v) is 13.4. The van der Waals surface area contributed by atoms with E-state index in [9.17, 15) is 20.1 Å². The summed E-state index contributed by atoms with van der Waals surface area (Å²) in [6.07, 6.45) is 8.53. The van der Waals surface area contributed by atoms with Gasteiger partial charge in [-0.05, 0) is 103 Å². The molecular weight excluding hydrogens is 424 g/mol. The van der Waals surface area contributed by atoms with Gasteiger partial charge in [0.25, 0.3) is 0 Å². The smallest absolute Gasteiger partial charge is 0.310 e. The Kier molecular flexibility index (Phi) is 5.36. The minimum atomic E-state index is -0.679. The van der Waals surface area contributed by atoms with E-state index >= 15 is 0 Å². The van der Waals surface area contributed by atoms with E-state index in [2.05, 4.69) is 54.5 Å². The van der Waals surface area contributed by atoms with Crippen LogP contribution in [0, 0.1) is 56.7 Å². The van der Waals surface area contributed by atoms with Gasteiger partial charge in [0.1, 0.15) is 0 Å². The second-order valence-electron chi connectivity index (χ2n) is 14.6. The molecule has 4 saturated carbocycles. The lowest BCUT2D eigenvalue weighted by atomic mass is 9.33. The average molecular weight is 473 g/mol. The van der Waals surface area contributed by atoms with Gasteiger partial charge in [-0.3, -0.25) is 4.79 Å². The van der Waals surface area contributed by atoms with Crippen molar-refractivity contribution in [3.05, 3.63) is 11.6 Å². The number of aliphatic hydroxyl groups is 2. The molecule has 0 aliphatic heterocycles. The zero-order chi connectivity index (χ0) is 25.1. The molecule has 4 fully saturated rings. The number of carboxylic acid groups (broad SMARTS) is 1. The first kappa shape index (κ1) is 24.8. The molecule has 0 spiro atoms. The van der Waals surface area contributed by atoms with Crippen LogP contribution in [-0.2, 0) is 4.79 Å². The Morgan fingerprint density at radius 1 is 0.941 bits per heavy atom. The normalized spacial score (nSPS) is 56.3. The summed E-state index contributed by atoms with van der Waals surface area (Å²) in [5, 5.41) is 32.4. The van der Waals surface area contributed by atoms with Crippen molar-refractivity contribution in [1.29, 1.82) is 0 Å². The molecule has 5 aliphatic rings. The Morgan fingerprint density at radius 2 is 1.62 bits per heavy atom. The predicted molar refractivity (Wildman–Crippen MR) is 134 cm³/mol. The molecule has 34 heavy (non-hydrogen) atoms. The number of hydrogen-bond acceptors (Lipinski definition) is 3. The molecule has 5 rings (SSSR count). The molecule has 0 radical (unpaired) electrons. The number of aliphatic hydroxyl groups excluding tert-OH is 2. The summed E-state index contributed by atoms with van der Waals surface area (Å²) in [5.74, 6) is 1.30. The first-order chi connectivity index (χ1) is 15.7. The third-order valence-electron chi connectivity index (χ3n) is 13.4. The molecule has 3 N–H and O–H groups in total. The van der Waals surface area contributed by atoms with Crippen molar-refractivity contribution in [3.8, 4) is 0 Å². The van der Waals surface area contributed by atoms with Crippen LogP contribution in [0.4, 0.5) is 0 Å². The molecule has 0 aromatic carbocycles. The van der Waals surface area contributed by atoms with Crippen LogP contribution in [0.25, 0.3) is 0 Å². The van der Waals surface area contributed by atoms with Gasteiger partial charge < -0.3 is 15.3 Å². The molecule has 0 heterocycles. The number of fused-ring (bicyclic) bond motifs is 7. The molecule has 0 aromatic rings. The zero-order valence-corrected chi connectivity index (χ0v) is 22.5. The van der Waals surface area contributed by atoms with E-state index < -0.39 is 23.6 Å². The molecule has 0 saturated heterocycles. The van der Waals surface area contributed by atoms with Crippen molar-refractivity contribution in [3.63, 3.8) is 0 Å². The minimum absolute atomic E-state index is 0.00993. The summed E-state index contributed by atoms with van der Waals surface area (Å²) in [7, 11) is 0. The number of allylic oxidation sites excluding steroid dienone is 2. The molecule has 0 amide bonds. The van der Waals surface area contributed by atoms with Crippen LogP contribution in [0.2, 0.25) is 0 Å². The Morgan fingerprint density at radius 3 is 2.26 bits per heavy atom. The molecule has 0 unspecified atom stereocenters. The van der Waals surface area contributed by atoms with Crippen LogP contribution in [0.1, 0.15) is 99.8 Å². The van der Waals surface area contributed by atoms with Crippen molar-refractivity contribution < 1.29 is 20.1 Å². The zero-order valence-electron chi connectivity index (χ0n) is 22.5. The van der Waals surface area contributed by atoms with Crippen LogP contribution in [0.15, 0.2) is 11.6 Å². The summed E-state index contributed by atoms with van der Waals surface area (Å²) in [5.41, 5.74) is 0.574. The SMILES string of the molecule is C[C@H]1[C@H](C)CC[C@]2(C(=O)O)CC[C@]3(C)C(=CC[C@@H]4[C@@]5(C)C[C@@H](O)[C@H](O)C(C)(C)[C@H]5CC[C@]43C)[C@H]12. The van der Waals surface area contributed by atoms with Gasteiger partial charge in [0.15, 0.2) is 0 Å². The molecule has 11 atom stereocenters. The van der Waals surface area contributed by atoms with Crippen LogP contribution in [0.5, 0.6) is 0 Å². The minimum Gasteiger partial charge on any atom is -0.481 e. The first-order valence-corrected chi connectivity index (χ1v) is 14.0. The monoisotopic (exact) mass is 472 g/mol. The highest BCUT2D eigenvalue weighted by Crippen LogP contribution is 2.75. The predicted octanol–water partition coefficient (Wildman–Crippen LogP) is 6.06. The van der Waals surface area contributed by atoms with Crippen molar-refractivity contribution in [1.82, 2.24) is 0 Å². The number of aliphatic carboxylic acids is 1. The largest absolute Gasteiger partial charge is 0.481 e. The van der Waals surface area contributed by atoms with Crippen molar-refractivity contribution in [2.75, 3.05) is 0 Å². The van der Waals surface area contributed by atoms with Crippen LogP contribution in [-0.4, -0.2) is 33.5 Å². The van der Waals surface area contributed by atoms with Gasteiger partial charge in [-0.25, -0.2) is 0 Å². The molecule has 192 valence electrons. The summed E-state index contributed by atoms with van der Waals surface area (Å²) in [6.45, 7) is 16.3. The molecule has 4 heteroatoms. The van der Waals surface area contributed by atoms with Crippen LogP contribution < -0.4 is 0 Å². The molecule has 0 aromatic heterocycles. The average Bonchev–Trinajstić information content (AvgIpc) is 2.75. The second-order valence-corrected chi connectivity index (χ2v) is 14.6. The summed E-state index contributed by atoms with van der Waals surface area (Å²) < 4.78 is 0. The van der Waals surface area contributed by atoms with E-state index in [1.807, 2.05) is 0 Å². The number of carbonyl (C=O) groups is 1. The van der Waals surface area contributed by atoms with E-state index in [0.717, 1.165) is 44.9 Å². The van der Waals surface area contributed by atoms with Gasteiger partial charge in [0, 0.05) is 0 Å². The standard InChI is InChI=1S/C30H48O4/c1-17-10-13-30(25(33)34)15-14-28(6)19(23(30)18(17)2)8-9-22-27(5)16-20(31)24(32)26(3,4)21(27)11-12-29(22,28)7/h8,17-18,20-24,31-32H,9-16H2,1-7H3,(H,33,34)/t17-,18+,20-,21-,22-,23+,24+,27+,28-,29-,30+/m1/s1. The second kappa shape index (κ2) is 7.34. The van der Waals surface area contributed by atoms with E-state index in [-0.39, 0.29) is 27.6 Å². The maximum Gasteiger partial charge on any atom is 0.310 e. The Hall–Kier alpha value is -0.870. The summed E-state index contributed by atoms with van der Waals surface area (Å²) in [6, 6.07) is 0. The molecule has 0 bridgehead atoms. The Balaban J connectivity index is 1.62. The van der Waals surface area contributed by atoms with Crippen molar-refractivity contribution >= 4 is 5.97 Å². The van der Waals surface area contributed by atoms with Crippen LogP contribution in [0.3, 0.4) is 0 Å². The fraction of sp³-hybridized carbons (Fsp3) is 0.900. The fourth-order valence-corrected chi connectivity index (χ4v) is 11.0. The van der Waals surface area contributed by atoms with Crippen molar-refractivity contribution in [2.45, 2.75) is 112 Å². The lowest BCUT2D eigenvalue weighted by Crippen LogP contribution is -2.67. The van der Waals surface area contributed by atoms with Gasteiger partial charge in [-0.2, -0.15) is 0 Å². The van der Waals surface area contributed by atoms with Gasteiger partial charge >= 0.3 is 5.97 Å². The van der Waals surface area contributed by atoms with E-state index in [1.54, 1.807) is 0 Å². The quantitative estimate of drug-likeness (QED) is 0.405. The molecule has 4 nitrogen and oxygen atoms in total. The highest BCUT2D eigenvalue weighted by Gasteiger charge is 2.70. The maximum absolute atomic E-state index is 12.8. The summed E-state index contributed by atoms with van der Waals surface area (Å²) in [4.78, 5) is 12.8. The maximum atomic E-state index is 12.8. The first-order valence-electron chi connectivity index (χ1n) is 14.0. The van der Waals surface area contributed by atoms with Crippen LogP contribution >= 0.6 is 0 Å². The fourth-order valence-electron chi connectivity index (χ4n) is 11.0. The van der Waals surface area contributed by atoms with Crippen molar-refractivity contribution in [2.24, 2.45) is 56.7 Å². The molecular formula is C30H48O4. The van der Waals surface area contributed by atoms with E-state index in [4.69, 9.17) is 0 Å². The third kappa shape index (κ3) is 2.76. The Labute approximate surface area is 206 Å². The molecule has 5 aliphatic carbocycles. The van der Waals surface area contributed by atoms with Gasteiger partial charge in [-0.15, -0.1) is 0 Å².